The van der Waals surface area contributed by atoms with E-state index in [0.717, 1.165) is 19.1 Å². The molecule has 0 unspecified atom stereocenters. The number of hydrogen-bond donors (Lipinski definition) is 1. The fraction of sp³-hybridized carbons (Fsp3) is 0.643. The van der Waals surface area contributed by atoms with E-state index in [9.17, 15) is 13.2 Å². The van der Waals surface area contributed by atoms with Crippen molar-refractivity contribution in [3.63, 3.8) is 0 Å². The smallest absolute Gasteiger partial charge is 0.257 e. The maximum Gasteiger partial charge on any atom is 0.257 e. The van der Waals surface area contributed by atoms with E-state index in [0.29, 0.717) is 25.3 Å². The lowest BCUT2D eigenvalue weighted by atomic mass is 9.85. The number of fused-ring (bicyclic) bond motifs is 1. The highest BCUT2D eigenvalue weighted by Crippen LogP contribution is 2.29. The van der Waals surface area contributed by atoms with Crippen LogP contribution in [-0.4, -0.2) is 57.3 Å². The lowest BCUT2D eigenvalue weighted by molar-refractivity contribution is -0.0749. The molecule has 3 atom stereocenters. The molecule has 0 radical (unpaired) electrons. The molecule has 1 aromatic heterocycles. The van der Waals surface area contributed by atoms with Gasteiger partial charge in [0.05, 0.1) is 30.2 Å². The minimum atomic E-state index is -3.36. The van der Waals surface area contributed by atoms with Crippen molar-refractivity contribution in [3.8, 4) is 0 Å². The maximum atomic E-state index is 12.5. The maximum absolute atomic E-state index is 12.5. The van der Waals surface area contributed by atoms with Gasteiger partial charge in [0, 0.05) is 25.6 Å². The van der Waals surface area contributed by atoms with Gasteiger partial charge in [-0.1, -0.05) is 0 Å². The Morgan fingerprint density at radius 2 is 2.23 bits per heavy atom. The SMILES string of the molecule is CS(=O)(=O)N[C@@H]1CN(C(=O)c2ccoc2)C[C@@H]2CCCO[C@@H]21. The van der Waals surface area contributed by atoms with E-state index in [-0.39, 0.29) is 17.9 Å². The molecule has 1 amide bonds. The summed E-state index contributed by atoms with van der Waals surface area (Å²) in [6.45, 7) is 1.52. The lowest BCUT2D eigenvalue weighted by Gasteiger charge is -2.45. The average Bonchev–Trinajstić information content (AvgIpc) is 2.99. The number of hydrogen-bond acceptors (Lipinski definition) is 5. The molecule has 7 nitrogen and oxygen atoms in total. The number of carbonyl (C=O) groups excluding carboxylic acids is 1. The number of carbonyl (C=O) groups is 1. The predicted octanol–water partition coefficient (Wildman–Crippen LogP) is 0.448. The molecular weight excluding hydrogens is 308 g/mol. The largest absolute Gasteiger partial charge is 0.472 e. The predicted molar refractivity (Wildman–Crippen MR) is 78.8 cm³/mol. The summed E-state index contributed by atoms with van der Waals surface area (Å²) < 4.78 is 36.5. The Hall–Kier alpha value is -1.38. The van der Waals surface area contributed by atoms with Crippen molar-refractivity contribution < 1.29 is 22.4 Å². The number of rotatable bonds is 3. The van der Waals surface area contributed by atoms with Crippen LogP contribution in [0.4, 0.5) is 0 Å². The molecule has 1 N–H and O–H groups in total. The third-order valence-electron chi connectivity index (χ3n) is 4.18. The van der Waals surface area contributed by atoms with Crippen LogP contribution in [-0.2, 0) is 14.8 Å². The second-order valence-corrected chi connectivity index (χ2v) is 7.74. The molecule has 0 bridgehead atoms. The van der Waals surface area contributed by atoms with Crippen molar-refractivity contribution in [3.05, 3.63) is 24.2 Å². The van der Waals surface area contributed by atoms with Gasteiger partial charge < -0.3 is 14.1 Å². The molecule has 3 rings (SSSR count). The molecule has 2 fully saturated rings. The number of ether oxygens (including phenoxy) is 1. The number of nitrogens with zero attached hydrogens (tertiary/aromatic N) is 1. The van der Waals surface area contributed by atoms with Crippen molar-refractivity contribution in [2.45, 2.75) is 25.0 Å². The van der Waals surface area contributed by atoms with Crippen LogP contribution in [0.15, 0.2) is 23.0 Å². The van der Waals surface area contributed by atoms with Crippen molar-refractivity contribution in [2.24, 2.45) is 5.92 Å². The quantitative estimate of drug-likeness (QED) is 0.870. The Kier molecular flexibility index (Phi) is 4.24. The third-order valence-corrected chi connectivity index (χ3v) is 4.91. The average molecular weight is 328 g/mol. The Morgan fingerprint density at radius 3 is 2.91 bits per heavy atom. The van der Waals surface area contributed by atoms with Crippen LogP contribution in [0, 0.1) is 5.92 Å². The van der Waals surface area contributed by atoms with Crippen molar-refractivity contribution >= 4 is 15.9 Å². The van der Waals surface area contributed by atoms with Crippen LogP contribution in [0.25, 0.3) is 0 Å². The number of furan rings is 1. The topological polar surface area (TPSA) is 88.9 Å². The molecule has 122 valence electrons. The summed E-state index contributed by atoms with van der Waals surface area (Å²) in [5.41, 5.74) is 0.480. The zero-order chi connectivity index (χ0) is 15.7. The number of likely N-dealkylation sites (tertiary alicyclic amines) is 1. The van der Waals surface area contributed by atoms with E-state index < -0.39 is 16.1 Å². The minimum Gasteiger partial charge on any atom is -0.472 e. The van der Waals surface area contributed by atoms with Gasteiger partial charge in [-0.25, -0.2) is 13.1 Å². The number of piperidine rings is 1. The van der Waals surface area contributed by atoms with Crippen LogP contribution in [0.1, 0.15) is 23.2 Å². The van der Waals surface area contributed by atoms with Crippen LogP contribution < -0.4 is 4.72 Å². The van der Waals surface area contributed by atoms with Gasteiger partial charge in [-0.15, -0.1) is 0 Å². The Bertz CT molecular complexity index is 628. The zero-order valence-electron chi connectivity index (χ0n) is 12.4. The fourth-order valence-electron chi connectivity index (χ4n) is 3.32. The van der Waals surface area contributed by atoms with Crippen LogP contribution in [0.3, 0.4) is 0 Å². The first-order valence-corrected chi connectivity index (χ1v) is 9.23. The standard InChI is InChI=1S/C14H20N2O5S/c1-22(18,19)15-12-8-16(14(17)11-4-6-20-9-11)7-10-3-2-5-21-13(10)12/h4,6,9-10,12-13,15H,2-3,5,7-8H2,1H3/t10-,12+,13-/m0/s1. The molecule has 1 aromatic rings. The molecule has 2 saturated heterocycles. The van der Waals surface area contributed by atoms with Gasteiger partial charge in [0.1, 0.15) is 6.26 Å². The van der Waals surface area contributed by atoms with E-state index in [1.54, 1.807) is 11.0 Å². The van der Waals surface area contributed by atoms with Gasteiger partial charge in [0.25, 0.3) is 5.91 Å². The number of amides is 1. The normalized spacial score (nSPS) is 29.1. The minimum absolute atomic E-state index is 0.141. The van der Waals surface area contributed by atoms with Gasteiger partial charge in [-0.05, 0) is 18.9 Å². The molecule has 2 aliphatic rings. The summed E-state index contributed by atoms with van der Waals surface area (Å²) in [4.78, 5) is 14.2. The summed E-state index contributed by atoms with van der Waals surface area (Å²) in [5.74, 6) is 0.00988. The van der Waals surface area contributed by atoms with Gasteiger partial charge in [-0.2, -0.15) is 0 Å². The molecule has 0 aliphatic carbocycles. The summed E-state index contributed by atoms with van der Waals surface area (Å²) in [6.07, 6.45) is 5.68. The van der Waals surface area contributed by atoms with E-state index in [1.807, 2.05) is 0 Å². The van der Waals surface area contributed by atoms with Gasteiger partial charge in [-0.3, -0.25) is 4.79 Å². The third kappa shape index (κ3) is 3.34. The summed E-state index contributed by atoms with van der Waals surface area (Å²) in [6, 6.07) is 1.20. The Morgan fingerprint density at radius 1 is 1.41 bits per heavy atom. The second kappa shape index (κ2) is 6.02. The highest BCUT2D eigenvalue weighted by atomic mass is 32.2. The van der Waals surface area contributed by atoms with Gasteiger partial charge in [0.2, 0.25) is 10.0 Å². The van der Waals surface area contributed by atoms with Crippen molar-refractivity contribution in [2.75, 3.05) is 26.0 Å². The van der Waals surface area contributed by atoms with Gasteiger partial charge in [0.15, 0.2) is 0 Å². The monoisotopic (exact) mass is 328 g/mol. The lowest BCUT2D eigenvalue weighted by Crippen LogP contribution is -2.61. The zero-order valence-corrected chi connectivity index (χ0v) is 13.2. The van der Waals surface area contributed by atoms with E-state index >= 15 is 0 Å². The molecular formula is C14H20N2O5S. The van der Waals surface area contributed by atoms with E-state index in [2.05, 4.69) is 4.72 Å². The van der Waals surface area contributed by atoms with Crippen LogP contribution >= 0.6 is 0 Å². The van der Waals surface area contributed by atoms with Gasteiger partial charge >= 0.3 is 0 Å². The highest BCUT2D eigenvalue weighted by molar-refractivity contribution is 7.88. The summed E-state index contributed by atoms with van der Waals surface area (Å²) in [7, 11) is -3.36. The fourth-order valence-corrected chi connectivity index (χ4v) is 4.08. The van der Waals surface area contributed by atoms with Crippen molar-refractivity contribution in [1.82, 2.24) is 9.62 Å². The van der Waals surface area contributed by atoms with Crippen LogP contribution in [0.2, 0.25) is 0 Å². The van der Waals surface area contributed by atoms with E-state index in [4.69, 9.17) is 9.15 Å². The highest BCUT2D eigenvalue weighted by Gasteiger charge is 2.42. The molecule has 8 heteroatoms. The number of sulfonamides is 1. The van der Waals surface area contributed by atoms with Crippen LogP contribution in [0.5, 0.6) is 0 Å². The first-order chi connectivity index (χ1) is 10.4. The second-order valence-electron chi connectivity index (χ2n) is 5.96. The Labute approximate surface area is 129 Å². The summed E-state index contributed by atoms with van der Waals surface area (Å²) >= 11 is 0. The first-order valence-electron chi connectivity index (χ1n) is 7.34. The molecule has 2 aliphatic heterocycles. The number of nitrogens with one attached hydrogen (secondary N) is 1. The Balaban J connectivity index is 1.80. The molecule has 3 heterocycles. The van der Waals surface area contributed by atoms with Crippen molar-refractivity contribution in [1.29, 1.82) is 0 Å². The first kappa shape index (κ1) is 15.5. The molecule has 0 aromatic carbocycles. The van der Waals surface area contributed by atoms with E-state index in [1.165, 1.54) is 12.5 Å². The molecule has 0 spiro atoms. The molecule has 22 heavy (non-hydrogen) atoms. The summed E-state index contributed by atoms with van der Waals surface area (Å²) in [5, 5.41) is 0. The molecule has 0 saturated carbocycles.